The molecule has 0 atom stereocenters. The smallest absolute Gasteiger partial charge is 0.317 e. The topological polar surface area (TPSA) is 89.1 Å². The lowest BCUT2D eigenvalue weighted by Crippen LogP contribution is -2.48. The number of hydrogen-bond acceptors (Lipinski definition) is 4. The van der Waals surface area contributed by atoms with Gasteiger partial charge >= 0.3 is 6.03 Å². The van der Waals surface area contributed by atoms with E-state index in [1.165, 1.54) is 25.7 Å². The Morgan fingerprint density at radius 2 is 1.78 bits per heavy atom. The number of likely N-dealkylation sites (tertiary alicyclic amines) is 1. The molecule has 1 aromatic heterocycles. The second kappa shape index (κ2) is 9.04. The number of carbonyl (C=O) groups excluding carboxylic acids is 1. The highest BCUT2D eigenvalue weighted by molar-refractivity contribution is 5.74. The van der Waals surface area contributed by atoms with Gasteiger partial charge in [0.2, 0.25) is 0 Å². The maximum Gasteiger partial charge on any atom is 0.317 e. The zero-order valence-electron chi connectivity index (χ0n) is 17.0. The molecule has 1 saturated heterocycles. The molecular formula is C20H36N6O. The van der Waals surface area contributed by atoms with Gasteiger partial charge in [0.15, 0.2) is 0 Å². The summed E-state index contributed by atoms with van der Waals surface area (Å²) in [6, 6.07) is 0.764. The molecule has 1 aromatic rings. The molecule has 0 aromatic carbocycles. The number of rotatable bonds is 5. The molecule has 2 aliphatic rings. The van der Waals surface area contributed by atoms with Crippen molar-refractivity contribution < 1.29 is 4.79 Å². The predicted octanol–water partition coefficient (Wildman–Crippen LogP) is 3.32. The van der Waals surface area contributed by atoms with Crippen LogP contribution in [0, 0.1) is 0 Å². The van der Waals surface area contributed by atoms with E-state index >= 15 is 0 Å². The summed E-state index contributed by atoms with van der Waals surface area (Å²) in [5.74, 6) is 0. The standard InChI is InChI=1S/C20H36N6O/c1-3-20(21,4-2)18-15-26(24-23-18)17-11-13-25(14-12-17)19(27)22-16-9-7-5-6-8-10-16/h15-17H,3-14,21H2,1-2H3,(H,22,27). The van der Waals surface area contributed by atoms with Crippen molar-refractivity contribution in [2.45, 2.75) is 95.7 Å². The first-order valence-corrected chi connectivity index (χ1v) is 10.8. The monoisotopic (exact) mass is 376 g/mol. The van der Waals surface area contributed by atoms with Gasteiger partial charge in [-0.25, -0.2) is 9.48 Å². The summed E-state index contributed by atoms with van der Waals surface area (Å²) < 4.78 is 1.96. The molecule has 3 N–H and O–H groups in total. The maximum absolute atomic E-state index is 12.6. The van der Waals surface area contributed by atoms with Gasteiger partial charge < -0.3 is 16.0 Å². The van der Waals surface area contributed by atoms with Gasteiger partial charge in [0.25, 0.3) is 0 Å². The lowest BCUT2D eigenvalue weighted by atomic mass is 9.91. The Labute approximate surface area is 163 Å². The van der Waals surface area contributed by atoms with Crippen molar-refractivity contribution in [1.29, 1.82) is 0 Å². The number of nitrogens with zero attached hydrogens (tertiary/aromatic N) is 4. The first-order chi connectivity index (χ1) is 13.1. The summed E-state index contributed by atoms with van der Waals surface area (Å²) in [6.07, 6.45) is 12.9. The van der Waals surface area contributed by atoms with Crippen molar-refractivity contribution in [2.24, 2.45) is 5.73 Å². The minimum atomic E-state index is -0.391. The highest BCUT2D eigenvalue weighted by atomic mass is 16.2. The molecular weight excluding hydrogens is 340 g/mol. The van der Waals surface area contributed by atoms with Crippen molar-refractivity contribution in [3.8, 4) is 0 Å². The van der Waals surface area contributed by atoms with E-state index in [0.29, 0.717) is 12.1 Å². The Morgan fingerprint density at radius 3 is 2.37 bits per heavy atom. The third-order valence-electron chi connectivity index (χ3n) is 6.59. The maximum atomic E-state index is 12.6. The summed E-state index contributed by atoms with van der Waals surface area (Å²) >= 11 is 0. The van der Waals surface area contributed by atoms with Gasteiger partial charge in [-0.2, -0.15) is 0 Å². The van der Waals surface area contributed by atoms with Crippen LogP contribution in [0.15, 0.2) is 6.20 Å². The van der Waals surface area contributed by atoms with Gasteiger partial charge in [0, 0.05) is 19.1 Å². The van der Waals surface area contributed by atoms with Crippen LogP contribution in [0.5, 0.6) is 0 Å². The molecule has 0 unspecified atom stereocenters. The zero-order valence-corrected chi connectivity index (χ0v) is 17.0. The number of aromatic nitrogens is 3. The minimum absolute atomic E-state index is 0.109. The lowest BCUT2D eigenvalue weighted by molar-refractivity contribution is 0.164. The normalized spacial score (nSPS) is 20.5. The summed E-state index contributed by atoms with van der Waals surface area (Å²) in [4.78, 5) is 14.6. The Morgan fingerprint density at radius 1 is 1.15 bits per heavy atom. The molecule has 7 nitrogen and oxygen atoms in total. The van der Waals surface area contributed by atoms with E-state index < -0.39 is 5.54 Å². The predicted molar refractivity (Wildman–Crippen MR) is 106 cm³/mol. The average Bonchev–Trinajstić information content (AvgIpc) is 3.07. The van der Waals surface area contributed by atoms with E-state index in [4.69, 9.17) is 5.73 Å². The molecule has 0 bridgehead atoms. The van der Waals surface area contributed by atoms with E-state index in [1.807, 2.05) is 15.8 Å². The highest BCUT2D eigenvalue weighted by Gasteiger charge is 2.30. The number of urea groups is 1. The van der Waals surface area contributed by atoms with Crippen molar-refractivity contribution in [2.75, 3.05) is 13.1 Å². The van der Waals surface area contributed by atoms with Crippen LogP contribution in [0.1, 0.15) is 89.8 Å². The second-order valence-corrected chi connectivity index (χ2v) is 8.30. The first kappa shape index (κ1) is 20.1. The van der Waals surface area contributed by atoms with Crippen molar-refractivity contribution in [1.82, 2.24) is 25.2 Å². The molecule has 7 heteroatoms. The Kier molecular flexibility index (Phi) is 6.73. The third kappa shape index (κ3) is 4.81. The molecule has 152 valence electrons. The zero-order chi connectivity index (χ0) is 19.3. The van der Waals surface area contributed by atoms with Gasteiger partial charge in [-0.3, -0.25) is 0 Å². The number of nitrogens with two attached hydrogens (primary N) is 1. The number of hydrogen-bond donors (Lipinski definition) is 2. The number of amides is 2. The quantitative estimate of drug-likeness (QED) is 0.772. The van der Waals surface area contributed by atoms with Gasteiger partial charge in [-0.1, -0.05) is 44.7 Å². The molecule has 0 radical (unpaired) electrons. The fourth-order valence-corrected chi connectivity index (χ4v) is 4.32. The molecule has 1 aliphatic carbocycles. The Balaban J connectivity index is 1.51. The highest BCUT2D eigenvalue weighted by Crippen LogP contribution is 2.27. The van der Waals surface area contributed by atoms with Gasteiger partial charge in [0.1, 0.15) is 5.69 Å². The number of carbonyl (C=O) groups is 1. The van der Waals surface area contributed by atoms with Crippen LogP contribution >= 0.6 is 0 Å². The van der Waals surface area contributed by atoms with E-state index in [1.54, 1.807) is 0 Å². The van der Waals surface area contributed by atoms with Crippen LogP contribution in [-0.4, -0.2) is 45.1 Å². The van der Waals surface area contributed by atoms with E-state index in [0.717, 1.165) is 57.3 Å². The fourth-order valence-electron chi connectivity index (χ4n) is 4.32. The molecule has 0 spiro atoms. The van der Waals surface area contributed by atoms with Crippen molar-refractivity contribution in [3.63, 3.8) is 0 Å². The van der Waals surface area contributed by atoms with Crippen LogP contribution in [0.4, 0.5) is 4.79 Å². The van der Waals surface area contributed by atoms with Crippen molar-refractivity contribution >= 4 is 6.03 Å². The van der Waals surface area contributed by atoms with E-state index in [-0.39, 0.29) is 6.03 Å². The van der Waals surface area contributed by atoms with Crippen LogP contribution in [0.2, 0.25) is 0 Å². The van der Waals surface area contributed by atoms with Gasteiger partial charge in [0.05, 0.1) is 17.8 Å². The van der Waals surface area contributed by atoms with Gasteiger partial charge in [-0.15, -0.1) is 5.10 Å². The van der Waals surface area contributed by atoms with E-state index in [9.17, 15) is 4.79 Å². The van der Waals surface area contributed by atoms with Crippen LogP contribution in [0.25, 0.3) is 0 Å². The SMILES string of the molecule is CCC(N)(CC)c1cn(C2CCN(C(=O)NC3CCCCCC3)CC2)nn1. The molecule has 2 fully saturated rings. The minimum Gasteiger partial charge on any atom is -0.335 e. The molecule has 2 amide bonds. The molecule has 3 rings (SSSR count). The third-order valence-corrected chi connectivity index (χ3v) is 6.59. The Hall–Kier alpha value is -1.63. The molecule has 1 saturated carbocycles. The number of nitrogens with one attached hydrogen (secondary N) is 1. The fraction of sp³-hybridized carbons (Fsp3) is 0.850. The lowest BCUT2D eigenvalue weighted by Gasteiger charge is -2.33. The Bertz CT molecular complexity index is 595. The summed E-state index contributed by atoms with van der Waals surface area (Å²) in [7, 11) is 0. The van der Waals surface area contributed by atoms with Crippen LogP contribution in [-0.2, 0) is 5.54 Å². The van der Waals surface area contributed by atoms with Crippen molar-refractivity contribution in [3.05, 3.63) is 11.9 Å². The summed E-state index contributed by atoms with van der Waals surface area (Å²) in [5, 5.41) is 11.9. The average molecular weight is 377 g/mol. The van der Waals surface area contributed by atoms with Gasteiger partial charge in [-0.05, 0) is 38.5 Å². The summed E-state index contributed by atoms with van der Waals surface area (Å²) in [5.41, 5.74) is 6.93. The molecule has 2 heterocycles. The summed E-state index contributed by atoms with van der Waals surface area (Å²) in [6.45, 7) is 5.73. The van der Waals surface area contributed by atoms with Crippen LogP contribution in [0.3, 0.4) is 0 Å². The first-order valence-electron chi connectivity index (χ1n) is 10.8. The second-order valence-electron chi connectivity index (χ2n) is 8.30. The molecule has 27 heavy (non-hydrogen) atoms. The largest absolute Gasteiger partial charge is 0.335 e. The number of piperidine rings is 1. The van der Waals surface area contributed by atoms with Crippen LogP contribution < -0.4 is 11.1 Å². The van der Waals surface area contributed by atoms with E-state index in [2.05, 4.69) is 29.5 Å². The molecule has 1 aliphatic heterocycles.